The number of nitrogens with zero attached hydrogens (tertiary/aromatic N) is 1. The van der Waals surface area contributed by atoms with Crippen LogP contribution >= 0.6 is 0 Å². The Morgan fingerprint density at radius 2 is 1.84 bits per heavy atom. The van der Waals surface area contributed by atoms with Crippen LogP contribution in [0.3, 0.4) is 0 Å². The van der Waals surface area contributed by atoms with Crippen molar-refractivity contribution < 1.29 is 33.4 Å². The molecule has 4 amide bonds. The van der Waals surface area contributed by atoms with Gasteiger partial charge in [0, 0.05) is 12.5 Å². The summed E-state index contributed by atoms with van der Waals surface area (Å²) in [6, 6.07) is 4.59. The van der Waals surface area contributed by atoms with E-state index in [1.54, 1.807) is 39.0 Å². The molecule has 4 atom stereocenters. The molecule has 11 heteroatoms. The fourth-order valence-electron chi connectivity index (χ4n) is 3.95. The van der Waals surface area contributed by atoms with E-state index in [1.807, 2.05) is 19.9 Å². The van der Waals surface area contributed by atoms with Crippen LogP contribution in [0.2, 0.25) is 0 Å². The number of nitrogens with two attached hydrogens (primary N) is 1. The highest BCUT2D eigenvalue weighted by molar-refractivity contribution is 5.94. The van der Waals surface area contributed by atoms with Crippen LogP contribution in [0.1, 0.15) is 64.1 Å². The van der Waals surface area contributed by atoms with E-state index in [1.165, 1.54) is 12.0 Å². The van der Waals surface area contributed by atoms with Crippen LogP contribution in [0.5, 0.6) is 0 Å². The van der Waals surface area contributed by atoms with Gasteiger partial charge in [-0.25, -0.2) is 4.79 Å². The van der Waals surface area contributed by atoms with E-state index in [4.69, 9.17) is 10.5 Å². The smallest absolute Gasteiger partial charge is 0.408 e. The minimum absolute atomic E-state index is 0.0741. The van der Waals surface area contributed by atoms with Gasteiger partial charge in [-0.2, -0.15) is 0 Å². The van der Waals surface area contributed by atoms with Gasteiger partial charge in [-0.05, 0) is 52.0 Å². The van der Waals surface area contributed by atoms with Crippen LogP contribution < -0.4 is 16.4 Å². The number of methoxy groups -OCH3 is 1. The van der Waals surface area contributed by atoms with Crippen LogP contribution in [0.15, 0.2) is 24.3 Å². The van der Waals surface area contributed by atoms with Crippen molar-refractivity contribution in [1.29, 1.82) is 0 Å². The van der Waals surface area contributed by atoms with Gasteiger partial charge in [-0.3, -0.25) is 19.2 Å². The van der Waals surface area contributed by atoms with Gasteiger partial charge in [0.25, 0.3) is 0 Å². The molecule has 0 radical (unpaired) electrons. The minimum atomic E-state index is -1.17. The predicted octanol–water partition coefficient (Wildman–Crippen LogP) is 1.72. The number of primary amides is 1. The molecule has 0 aromatic heterocycles. The molecule has 204 valence electrons. The molecule has 1 aliphatic carbocycles. The first-order chi connectivity index (χ1) is 17.2. The van der Waals surface area contributed by atoms with Crippen molar-refractivity contribution in [2.45, 2.75) is 77.6 Å². The second-order valence-corrected chi connectivity index (χ2v) is 10.3. The summed E-state index contributed by atoms with van der Waals surface area (Å²) < 4.78 is 9.95. The summed E-state index contributed by atoms with van der Waals surface area (Å²) in [5, 5.41) is 5.11. The number of hydrogen-bond acceptors (Lipinski definition) is 7. The van der Waals surface area contributed by atoms with Crippen molar-refractivity contribution in [3.05, 3.63) is 35.4 Å². The summed E-state index contributed by atoms with van der Waals surface area (Å²) in [5.74, 6) is -2.31. The molecule has 2 rings (SSSR count). The van der Waals surface area contributed by atoms with Gasteiger partial charge in [0.1, 0.15) is 24.2 Å². The van der Waals surface area contributed by atoms with E-state index in [9.17, 15) is 24.0 Å². The van der Waals surface area contributed by atoms with Crippen molar-refractivity contribution in [3.8, 4) is 0 Å². The molecule has 4 unspecified atom stereocenters. The fraction of sp³-hybridized carbons (Fsp3) is 0.577. The van der Waals surface area contributed by atoms with Crippen LogP contribution in [-0.4, -0.2) is 66.0 Å². The van der Waals surface area contributed by atoms with E-state index in [2.05, 4.69) is 15.4 Å². The van der Waals surface area contributed by atoms with Crippen molar-refractivity contribution in [3.63, 3.8) is 0 Å². The lowest BCUT2D eigenvalue weighted by Gasteiger charge is -2.35. The third-order valence-corrected chi connectivity index (χ3v) is 5.87. The third-order valence-electron chi connectivity index (χ3n) is 5.87. The Morgan fingerprint density at radius 3 is 2.35 bits per heavy atom. The molecule has 0 aliphatic heterocycles. The molecule has 1 fully saturated rings. The summed E-state index contributed by atoms with van der Waals surface area (Å²) in [5.41, 5.74) is 5.92. The highest BCUT2D eigenvalue weighted by Crippen LogP contribution is 2.41. The first-order valence-corrected chi connectivity index (χ1v) is 12.2. The van der Waals surface area contributed by atoms with Crippen LogP contribution in [0.4, 0.5) is 4.79 Å². The van der Waals surface area contributed by atoms with Gasteiger partial charge in [0.15, 0.2) is 0 Å². The monoisotopic (exact) mass is 518 g/mol. The molecule has 1 aliphatic rings. The molecule has 4 N–H and O–H groups in total. The number of ether oxygens (including phenoxy) is 2. The zero-order valence-corrected chi connectivity index (χ0v) is 22.3. The largest absolute Gasteiger partial charge is 0.468 e. The first kappa shape index (κ1) is 29.6. The SMILES string of the molecule is COC(=O)CNC(=O)C(c1cccc(C)c1)N(C(=O)C(CCC(N)=O)NC(=O)OC(C)(C)C)C1CC1C. The summed E-state index contributed by atoms with van der Waals surface area (Å²) >= 11 is 0. The van der Waals surface area contributed by atoms with Gasteiger partial charge < -0.3 is 30.7 Å². The number of carbonyl (C=O) groups excluding carboxylic acids is 5. The maximum absolute atomic E-state index is 14.0. The van der Waals surface area contributed by atoms with E-state index in [-0.39, 0.29) is 31.3 Å². The van der Waals surface area contributed by atoms with Crippen LogP contribution in [-0.2, 0) is 28.7 Å². The number of rotatable bonds is 11. The molecule has 1 saturated carbocycles. The lowest BCUT2D eigenvalue weighted by molar-refractivity contribution is -0.145. The molecule has 1 aromatic carbocycles. The average molecular weight is 519 g/mol. The van der Waals surface area contributed by atoms with Crippen LogP contribution in [0, 0.1) is 12.8 Å². The molecule has 11 nitrogen and oxygen atoms in total. The van der Waals surface area contributed by atoms with Gasteiger partial charge >= 0.3 is 12.1 Å². The third kappa shape index (κ3) is 9.07. The Labute approximate surface area is 217 Å². The van der Waals surface area contributed by atoms with Crippen molar-refractivity contribution >= 4 is 29.8 Å². The van der Waals surface area contributed by atoms with Gasteiger partial charge in [-0.15, -0.1) is 0 Å². The summed E-state index contributed by atoms with van der Waals surface area (Å²) in [4.78, 5) is 64.7. The molecule has 0 heterocycles. The van der Waals surface area contributed by atoms with Crippen molar-refractivity contribution in [2.75, 3.05) is 13.7 Å². The summed E-state index contributed by atoms with van der Waals surface area (Å²) in [6.07, 6.45) is -0.423. The minimum Gasteiger partial charge on any atom is -0.468 e. The first-order valence-electron chi connectivity index (χ1n) is 12.2. The summed E-state index contributed by atoms with van der Waals surface area (Å²) in [6.45, 7) is 8.49. The number of benzene rings is 1. The standard InChI is InChI=1S/C26H38N4O7/c1-15-8-7-9-17(12-15)22(23(33)28-14-21(32)36-6)30(19-13-16(19)2)24(34)18(10-11-20(27)31)29-25(35)37-26(3,4)5/h7-9,12,16,18-19,22H,10-11,13-14H2,1-6H3,(H2,27,31)(H,28,33)(H,29,35). The molecule has 0 bridgehead atoms. The molecular weight excluding hydrogens is 480 g/mol. The molecule has 1 aromatic rings. The van der Waals surface area contributed by atoms with Gasteiger partial charge in [0.05, 0.1) is 7.11 Å². The number of nitrogens with one attached hydrogen (secondary N) is 2. The van der Waals surface area contributed by atoms with E-state index >= 15 is 0 Å². The second-order valence-electron chi connectivity index (χ2n) is 10.3. The molecule has 0 spiro atoms. The maximum atomic E-state index is 14.0. The topological polar surface area (TPSA) is 157 Å². The van der Waals surface area contributed by atoms with Gasteiger partial charge in [0.2, 0.25) is 17.7 Å². The number of alkyl carbamates (subject to hydrolysis) is 1. The molecular formula is C26H38N4O7. The number of aryl methyl sites for hydroxylation is 1. The highest BCUT2D eigenvalue weighted by Gasteiger charge is 2.48. The summed E-state index contributed by atoms with van der Waals surface area (Å²) in [7, 11) is 1.21. The zero-order chi connectivity index (χ0) is 27.9. The van der Waals surface area contributed by atoms with Crippen LogP contribution in [0.25, 0.3) is 0 Å². The van der Waals surface area contributed by atoms with Crippen molar-refractivity contribution in [1.82, 2.24) is 15.5 Å². The molecule has 0 saturated heterocycles. The average Bonchev–Trinajstić information content (AvgIpc) is 3.52. The van der Waals surface area contributed by atoms with E-state index in [0.29, 0.717) is 12.0 Å². The quantitative estimate of drug-likeness (QED) is 0.376. The zero-order valence-electron chi connectivity index (χ0n) is 22.3. The molecule has 37 heavy (non-hydrogen) atoms. The second kappa shape index (κ2) is 12.6. The Balaban J connectivity index is 2.48. The number of carbonyl (C=O) groups is 5. The lowest BCUT2D eigenvalue weighted by Crippen LogP contribution is -2.54. The number of hydrogen-bond donors (Lipinski definition) is 3. The Bertz CT molecular complexity index is 1020. The number of amides is 4. The van der Waals surface area contributed by atoms with E-state index < -0.39 is 47.5 Å². The Hall–Kier alpha value is -3.63. The van der Waals surface area contributed by atoms with E-state index in [0.717, 1.165) is 5.56 Å². The maximum Gasteiger partial charge on any atom is 0.408 e. The van der Waals surface area contributed by atoms with Gasteiger partial charge in [-0.1, -0.05) is 36.8 Å². The number of esters is 1. The normalized spacial score (nSPS) is 18.1. The Morgan fingerprint density at radius 1 is 1.19 bits per heavy atom. The fourth-order valence-corrected chi connectivity index (χ4v) is 3.95. The predicted molar refractivity (Wildman–Crippen MR) is 135 cm³/mol. The highest BCUT2D eigenvalue weighted by atomic mass is 16.6. The Kier molecular flexibility index (Phi) is 10.0. The lowest BCUT2D eigenvalue weighted by atomic mass is 9.99. The van der Waals surface area contributed by atoms with Crippen molar-refractivity contribution in [2.24, 2.45) is 11.7 Å².